The van der Waals surface area contributed by atoms with Crippen LogP contribution in [0.2, 0.25) is 15.1 Å². The molecule has 7 nitrogen and oxygen atoms in total. The van der Waals surface area contributed by atoms with E-state index in [-0.39, 0.29) is 11.5 Å². The van der Waals surface area contributed by atoms with Gasteiger partial charge in [0.2, 0.25) is 0 Å². The van der Waals surface area contributed by atoms with Crippen molar-refractivity contribution in [3.05, 3.63) is 75.2 Å². The second kappa shape index (κ2) is 7.19. The largest absolute Gasteiger partial charge is 0.302 e. The summed E-state index contributed by atoms with van der Waals surface area (Å²) in [4.78, 5) is 16.6. The topological polar surface area (TPSA) is 77.1 Å². The fraction of sp³-hybridized carbons (Fsp3) is 0.0588. The molecule has 1 amide bonds. The normalized spacial score (nSPS) is 11.1. The second-order valence-corrected chi connectivity index (χ2v) is 6.92. The smallest absolute Gasteiger partial charge is 0.277 e. The van der Waals surface area contributed by atoms with Crippen LogP contribution in [0, 0.1) is 0 Å². The lowest BCUT2D eigenvalue weighted by atomic mass is 10.2. The van der Waals surface area contributed by atoms with Crippen LogP contribution >= 0.6 is 34.8 Å². The zero-order valence-electron chi connectivity index (χ0n) is 13.6. The number of carbonyl (C=O) groups excluding carboxylic acids is 1. The van der Waals surface area contributed by atoms with Crippen molar-refractivity contribution in [1.29, 1.82) is 0 Å². The van der Waals surface area contributed by atoms with Crippen LogP contribution in [-0.4, -0.2) is 30.3 Å². The fourth-order valence-corrected chi connectivity index (χ4v) is 3.17. The first-order valence-corrected chi connectivity index (χ1v) is 8.91. The standard InChI is InChI=1S/C17H11Cl3N6O/c18-11-3-2-10(12(19)6-11)8-25-9-13(20)16(24-25)22-17(27)14-7-15-21-4-1-5-26(15)23-14/h1-7,9H,8H2,(H,22,24,27). The van der Waals surface area contributed by atoms with Gasteiger partial charge in [0.25, 0.3) is 5.91 Å². The summed E-state index contributed by atoms with van der Waals surface area (Å²) in [5.41, 5.74) is 1.60. The number of amides is 1. The molecular formula is C17H11Cl3N6O. The lowest BCUT2D eigenvalue weighted by Crippen LogP contribution is -2.14. The molecule has 4 aromatic rings. The maximum Gasteiger partial charge on any atom is 0.277 e. The molecule has 0 atom stereocenters. The molecule has 0 radical (unpaired) electrons. The van der Waals surface area contributed by atoms with Crippen molar-refractivity contribution in [2.24, 2.45) is 0 Å². The molecule has 27 heavy (non-hydrogen) atoms. The maximum atomic E-state index is 12.4. The average molecular weight is 422 g/mol. The number of aromatic nitrogens is 5. The van der Waals surface area contributed by atoms with Gasteiger partial charge in [0, 0.05) is 34.7 Å². The molecule has 3 aromatic heterocycles. The zero-order valence-corrected chi connectivity index (χ0v) is 15.9. The number of nitrogens with one attached hydrogen (secondary N) is 1. The Balaban J connectivity index is 1.53. The molecule has 0 aliphatic heterocycles. The molecule has 0 spiro atoms. The van der Waals surface area contributed by atoms with Crippen molar-refractivity contribution in [2.45, 2.75) is 6.54 Å². The van der Waals surface area contributed by atoms with Crippen LogP contribution in [0.1, 0.15) is 16.1 Å². The highest BCUT2D eigenvalue weighted by Crippen LogP contribution is 2.24. The van der Waals surface area contributed by atoms with Gasteiger partial charge in [-0.15, -0.1) is 0 Å². The fourth-order valence-electron chi connectivity index (χ4n) is 2.50. The molecular weight excluding hydrogens is 411 g/mol. The number of hydrogen-bond acceptors (Lipinski definition) is 4. The van der Waals surface area contributed by atoms with Crippen LogP contribution in [0.5, 0.6) is 0 Å². The molecule has 0 aliphatic carbocycles. The Morgan fingerprint density at radius 2 is 1.96 bits per heavy atom. The molecule has 0 aliphatic rings. The van der Waals surface area contributed by atoms with Gasteiger partial charge in [-0.2, -0.15) is 10.2 Å². The number of rotatable bonds is 4. The molecule has 3 heterocycles. The maximum absolute atomic E-state index is 12.4. The summed E-state index contributed by atoms with van der Waals surface area (Å²) in [6, 6.07) is 8.51. The molecule has 10 heteroatoms. The van der Waals surface area contributed by atoms with Crippen LogP contribution in [0.15, 0.2) is 48.9 Å². The lowest BCUT2D eigenvalue weighted by molar-refractivity contribution is 0.102. The molecule has 0 unspecified atom stereocenters. The molecule has 0 bridgehead atoms. The summed E-state index contributed by atoms with van der Waals surface area (Å²) in [6.07, 6.45) is 4.93. The van der Waals surface area contributed by atoms with E-state index in [1.165, 1.54) is 4.52 Å². The molecule has 0 fully saturated rings. The van der Waals surface area contributed by atoms with E-state index in [1.807, 2.05) is 6.07 Å². The van der Waals surface area contributed by atoms with E-state index in [4.69, 9.17) is 34.8 Å². The highest BCUT2D eigenvalue weighted by atomic mass is 35.5. The van der Waals surface area contributed by atoms with Crippen LogP contribution in [0.3, 0.4) is 0 Å². The van der Waals surface area contributed by atoms with E-state index < -0.39 is 5.91 Å². The van der Waals surface area contributed by atoms with Gasteiger partial charge in [-0.3, -0.25) is 9.48 Å². The van der Waals surface area contributed by atoms with Crippen molar-refractivity contribution in [2.75, 3.05) is 5.32 Å². The summed E-state index contributed by atoms with van der Waals surface area (Å²) in [7, 11) is 0. The monoisotopic (exact) mass is 420 g/mol. The lowest BCUT2D eigenvalue weighted by Gasteiger charge is -2.05. The first-order chi connectivity index (χ1) is 13.0. The van der Waals surface area contributed by atoms with Gasteiger partial charge in [0.1, 0.15) is 5.02 Å². The molecule has 1 aromatic carbocycles. The first-order valence-electron chi connectivity index (χ1n) is 7.78. The van der Waals surface area contributed by atoms with Gasteiger partial charge in [0.05, 0.1) is 6.54 Å². The number of halogens is 3. The van der Waals surface area contributed by atoms with Crippen molar-refractivity contribution in [1.82, 2.24) is 24.4 Å². The van der Waals surface area contributed by atoms with Gasteiger partial charge < -0.3 is 5.32 Å². The van der Waals surface area contributed by atoms with Gasteiger partial charge in [-0.25, -0.2) is 9.50 Å². The molecule has 0 saturated heterocycles. The van der Waals surface area contributed by atoms with E-state index >= 15 is 0 Å². The van der Waals surface area contributed by atoms with Gasteiger partial charge in [-0.05, 0) is 23.8 Å². The number of nitrogens with zero attached hydrogens (tertiary/aromatic N) is 5. The van der Waals surface area contributed by atoms with Gasteiger partial charge in [0.15, 0.2) is 17.2 Å². The van der Waals surface area contributed by atoms with E-state index in [1.54, 1.807) is 47.5 Å². The second-order valence-electron chi connectivity index (χ2n) is 5.67. The highest BCUT2D eigenvalue weighted by molar-refractivity contribution is 6.35. The first kappa shape index (κ1) is 17.8. The average Bonchev–Trinajstić information content (AvgIpc) is 3.21. The van der Waals surface area contributed by atoms with Crippen molar-refractivity contribution in [3.63, 3.8) is 0 Å². The number of anilines is 1. The Morgan fingerprint density at radius 1 is 1.11 bits per heavy atom. The summed E-state index contributed by atoms with van der Waals surface area (Å²) in [6.45, 7) is 0.379. The molecule has 1 N–H and O–H groups in total. The predicted octanol–water partition coefficient (Wildman–Crippen LogP) is 4.19. The zero-order chi connectivity index (χ0) is 19.0. The molecule has 4 rings (SSSR count). The van der Waals surface area contributed by atoms with Crippen molar-refractivity contribution in [3.8, 4) is 0 Å². The van der Waals surface area contributed by atoms with Crippen LogP contribution < -0.4 is 5.32 Å². The van der Waals surface area contributed by atoms with Gasteiger partial charge >= 0.3 is 0 Å². The minimum atomic E-state index is -0.433. The van der Waals surface area contributed by atoms with E-state index in [0.717, 1.165) is 5.56 Å². The number of hydrogen-bond donors (Lipinski definition) is 1. The number of benzene rings is 1. The Hall–Kier alpha value is -2.61. The third-order valence-electron chi connectivity index (χ3n) is 3.77. The van der Waals surface area contributed by atoms with E-state index in [2.05, 4.69) is 20.5 Å². The predicted molar refractivity (Wildman–Crippen MR) is 104 cm³/mol. The Kier molecular flexibility index (Phi) is 4.73. The number of fused-ring (bicyclic) bond motifs is 1. The van der Waals surface area contributed by atoms with E-state index in [0.29, 0.717) is 27.3 Å². The number of carbonyl (C=O) groups is 1. The third-order valence-corrected chi connectivity index (χ3v) is 4.63. The van der Waals surface area contributed by atoms with Crippen LogP contribution in [-0.2, 0) is 6.54 Å². The molecule has 136 valence electrons. The van der Waals surface area contributed by atoms with Crippen LogP contribution in [0.25, 0.3) is 5.65 Å². The SMILES string of the molecule is O=C(Nc1nn(Cc2ccc(Cl)cc2Cl)cc1Cl)c1cc2ncccn2n1. The van der Waals surface area contributed by atoms with Crippen molar-refractivity contribution >= 4 is 52.2 Å². The molecule has 0 saturated carbocycles. The summed E-state index contributed by atoms with van der Waals surface area (Å²) in [5, 5.41) is 12.5. The summed E-state index contributed by atoms with van der Waals surface area (Å²) < 4.78 is 3.09. The minimum Gasteiger partial charge on any atom is -0.302 e. The highest BCUT2D eigenvalue weighted by Gasteiger charge is 2.16. The third kappa shape index (κ3) is 3.75. The Labute approximate surface area is 168 Å². The Bertz CT molecular complexity index is 1120. The quantitative estimate of drug-likeness (QED) is 0.536. The summed E-state index contributed by atoms with van der Waals surface area (Å²) >= 11 is 18.3. The van der Waals surface area contributed by atoms with E-state index in [9.17, 15) is 4.79 Å². The van der Waals surface area contributed by atoms with Crippen molar-refractivity contribution < 1.29 is 4.79 Å². The summed E-state index contributed by atoms with van der Waals surface area (Å²) in [5.74, 6) is -0.200. The Morgan fingerprint density at radius 3 is 2.74 bits per heavy atom. The minimum absolute atomic E-state index is 0.208. The van der Waals surface area contributed by atoms with Crippen LogP contribution in [0.4, 0.5) is 5.82 Å². The van der Waals surface area contributed by atoms with Gasteiger partial charge in [-0.1, -0.05) is 40.9 Å².